The van der Waals surface area contributed by atoms with Gasteiger partial charge in [0.25, 0.3) is 0 Å². The first-order valence-electron chi connectivity index (χ1n) is 5.43. The Morgan fingerprint density at radius 1 is 1.12 bits per heavy atom. The van der Waals surface area contributed by atoms with Crippen molar-refractivity contribution < 1.29 is 9.47 Å². The molecule has 0 bridgehead atoms. The van der Waals surface area contributed by atoms with Crippen molar-refractivity contribution >= 4 is 0 Å². The van der Waals surface area contributed by atoms with E-state index >= 15 is 0 Å². The van der Waals surface area contributed by atoms with Crippen molar-refractivity contribution in [1.82, 2.24) is 10.4 Å². The third kappa shape index (κ3) is 2.13. The van der Waals surface area contributed by atoms with Gasteiger partial charge in [-0.05, 0) is 29.7 Å². The molecule has 16 heavy (non-hydrogen) atoms. The Morgan fingerprint density at radius 3 is 2.38 bits per heavy atom. The maximum atomic E-state index is 5.31. The second kappa shape index (κ2) is 4.72. The quantitative estimate of drug-likeness (QED) is 0.815. The minimum atomic E-state index is 0.799. The highest BCUT2D eigenvalue weighted by molar-refractivity contribution is 5.47. The van der Waals surface area contributed by atoms with Crippen molar-refractivity contribution in [2.75, 3.05) is 27.8 Å². The molecule has 0 radical (unpaired) electrons. The molecule has 0 saturated heterocycles. The van der Waals surface area contributed by atoms with Crippen molar-refractivity contribution in [1.29, 1.82) is 0 Å². The van der Waals surface area contributed by atoms with Gasteiger partial charge in [-0.25, -0.2) is 5.01 Å². The number of benzene rings is 1. The van der Waals surface area contributed by atoms with E-state index in [4.69, 9.17) is 9.47 Å². The predicted octanol–water partition coefficient (Wildman–Crippen LogP) is 1.20. The van der Waals surface area contributed by atoms with Crippen LogP contribution in [0.3, 0.4) is 0 Å². The standard InChI is InChI=1S/C12H18N2O2/c1-14-5-4-9-6-11(15-2)12(16-3)7-10(9)8-13-14/h6-7,13H,4-5,8H2,1-3H3. The molecule has 1 aliphatic rings. The van der Waals surface area contributed by atoms with Crippen LogP contribution in [-0.4, -0.2) is 32.8 Å². The largest absolute Gasteiger partial charge is 0.493 e. The first-order chi connectivity index (χ1) is 7.74. The van der Waals surface area contributed by atoms with Gasteiger partial charge < -0.3 is 9.47 Å². The normalized spacial score (nSPS) is 16.4. The summed E-state index contributed by atoms with van der Waals surface area (Å²) in [5.41, 5.74) is 5.93. The topological polar surface area (TPSA) is 33.7 Å². The molecule has 2 rings (SSSR count). The second-order valence-electron chi connectivity index (χ2n) is 3.98. The zero-order valence-electron chi connectivity index (χ0n) is 10.0. The van der Waals surface area contributed by atoms with E-state index in [0.29, 0.717) is 0 Å². The van der Waals surface area contributed by atoms with E-state index < -0.39 is 0 Å². The van der Waals surface area contributed by atoms with E-state index in [1.807, 2.05) is 0 Å². The maximum Gasteiger partial charge on any atom is 0.161 e. The van der Waals surface area contributed by atoms with Crippen LogP contribution in [0.4, 0.5) is 0 Å². The molecule has 0 aromatic heterocycles. The lowest BCUT2D eigenvalue weighted by Gasteiger charge is -2.13. The van der Waals surface area contributed by atoms with Crippen molar-refractivity contribution in [2.45, 2.75) is 13.0 Å². The highest BCUT2D eigenvalue weighted by atomic mass is 16.5. The van der Waals surface area contributed by atoms with Crippen LogP contribution in [0.15, 0.2) is 12.1 Å². The molecule has 88 valence electrons. The number of hydrogen-bond acceptors (Lipinski definition) is 4. The lowest BCUT2D eigenvalue weighted by Crippen LogP contribution is -2.33. The molecule has 0 atom stereocenters. The van der Waals surface area contributed by atoms with Crippen LogP contribution < -0.4 is 14.9 Å². The average molecular weight is 222 g/mol. The van der Waals surface area contributed by atoms with E-state index in [1.165, 1.54) is 11.1 Å². The molecule has 1 N–H and O–H groups in total. The lowest BCUT2D eigenvalue weighted by atomic mass is 10.0. The Balaban J connectivity index is 2.37. The first-order valence-corrected chi connectivity index (χ1v) is 5.43. The molecule has 1 aromatic rings. The van der Waals surface area contributed by atoms with Gasteiger partial charge in [0.1, 0.15) is 0 Å². The van der Waals surface area contributed by atoms with Crippen LogP contribution in [-0.2, 0) is 13.0 Å². The second-order valence-corrected chi connectivity index (χ2v) is 3.98. The number of hydrogen-bond donors (Lipinski definition) is 1. The zero-order valence-corrected chi connectivity index (χ0v) is 10.0. The van der Waals surface area contributed by atoms with Gasteiger partial charge >= 0.3 is 0 Å². The number of rotatable bonds is 2. The fraction of sp³-hybridized carbons (Fsp3) is 0.500. The Morgan fingerprint density at radius 2 is 1.75 bits per heavy atom. The molecule has 0 saturated carbocycles. The molecule has 0 aliphatic carbocycles. The third-order valence-electron chi connectivity index (χ3n) is 2.96. The Hall–Kier alpha value is -1.26. The lowest BCUT2D eigenvalue weighted by molar-refractivity contribution is 0.242. The van der Waals surface area contributed by atoms with Gasteiger partial charge in [0.2, 0.25) is 0 Å². The highest BCUT2D eigenvalue weighted by Gasteiger charge is 2.14. The predicted molar refractivity (Wildman–Crippen MR) is 62.7 cm³/mol. The number of methoxy groups -OCH3 is 2. The summed E-state index contributed by atoms with van der Waals surface area (Å²) >= 11 is 0. The van der Waals surface area contributed by atoms with E-state index in [9.17, 15) is 0 Å². The van der Waals surface area contributed by atoms with Gasteiger partial charge in [-0.2, -0.15) is 0 Å². The van der Waals surface area contributed by atoms with Crippen molar-refractivity contribution in [3.8, 4) is 11.5 Å². The minimum absolute atomic E-state index is 0.799. The third-order valence-corrected chi connectivity index (χ3v) is 2.96. The maximum absolute atomic E-state index is 5.31. The molecular formula is C12H18N2O2. The summed E-state index contributed by atoms with van der Waals surface area (Å²) in [4.78, 5) is 0. The smallest absolute Gasteiger partial charge is 0.161 e. The van der Waals surface area contributed by atoms with E-state index in [-0.39, 0.29) is 0 Å². The van der Waals surface area contributed by atoms with E-state index in [1.54, 1.807) is 14.2 Å². The molecule has 0 fully saturated rings. The molecule has 1 aliphatic heterocycles. The SMILES string of the molecule is COc1cc2c(cc1OC)CNN(C)CC2. The fourth-order valence-electron chi connectivity index (χ4n) is 1.95. The molecule has 1 heterocycles. The summed E-state index contributed by atoms with van der Waals surface area (Å²) in [5.74, 6) is 1.61. The Kier molecular flexibility index (Phi) is 3.31. The summed E-state index contributed by atoms with van der Waals surface area (Å²) in [6.07, 6.45) is 1.03. The summed E-state index contributed by atoms with van der Waals surface area (Å²) in [6.45, 7) is 1.84. The number of hydrazine groups is 1. The summed E-state index contributed by atoms with van der Waals surface area (Å²) < 4.78 is 10.6. The summed E-state index contributed by atoms with van der Waals surface area (Å²) in [6, 6.07) is 4.13. The van der Waals surface area contributed by atoms with Crippen molar-refractivity contribution in [3.05, 3.63) is 23.3 Å². The van der Waals surface area contributed by atoms with Crippen LogP contribution in [0.5, 0.6) is 11.5 Å². The molecule has 0 amide bonds. The molecule has 4 nitrogen and oxygen atoms in total. The molecule has 1 aromatic carbocycles. The molecule has 4 heteroatoms. The van der Waals surface area contributed by atoms with Crippen LogP contribution >= 0.6 is 0 Å². The first kappa shape index (κ1) is 11.2. The number of nitrogens with zero attached hydrogens (tertiary/aromatic N) is 1. The van der Waals surface area contributed by atoms with Gasteiger partial charge in [0.05, 0.1) is 14.2 Å². The van der Waals surface area contributed by atoms with Gasteiger partial charge in [-0.3, -0.25) is 5.43 Å². The average Bonchev–Trinajstić information content (AvgIpc) is 2.50. The van der Waals surface area contributed by atoms with Crippen molar-refractivity contribution in [3.63, 3.8) is 0 Å². The highest BCUT2D eigenvalue weighted by Crippen LogP contribution is 2.31. The molecular weight excluding hydrogens is 204 g/mol. The van der Waals surface area contributed by atoms with E-state index in [2.05, 4.69) is 29.6 Å². The number of nitrogens with one attached hydrogen (secondary N) is 1. The van der Waals surface area contributed by atoms with E-state index in [0.717, 1.165) is 31.0 Å². The summed E-state index contributed by atoms with van der Waals surface area (Å²) in [5, 5.41) is 2.11. The van der Waals surface area contributed by atoms with Crippen LogP contribution in [0.2, 0.25) is 0 Å². The van der Waals surface area contributed by atoms with Crippen LogP contribution in [0.25, 0.3) is 0 Å². The van der Waals surface area contributed by atoms with Gasteiger partial charge in [-0.1, -0.05) is 0 Å². The number of ether oxygens (including phenoxy) is 2. The van der Waals surface area contributed by atoms with Crippen LogP contribution in [0, 0.1) is 0 Å². The Labute approximate surface area is 96.1 Å². The Bertz CT molecular complexity index is 345. The number of fused-ring (bicyclic) bond motifs is 1. The monoisotopic (exact) mass is 222 g/mol. The minimum Gasteiger partial charge on any atom is -0.493 e. The van der Waals surface area contributed by atoms with Crippen LogP contribution in [0.1, 0.15) is 11.1 Å². The van der Waals surface area contributed by atoms with Gasteiger partial charge in [0.15, 0.2) is 11.5 Å². The molecule has 0 unspecified atom stereocenters. The van der Waals surface area contributed by atoms with Crippen molar-refractivity contribution in [2.24, 2.45) is 0 Å². The fourth-order valence-corrected chi connectivity index (χ4v) is 1.95. The van der Waals surface area contributed by atoms with Gasteiger partial charge in [-0.15, -0.1) is 0 Å². The van der Waals surface area contributed by atoms with Gasteiger partial charge in [0, 0.05) is 20.1 Å². The zero-order chi connectivity index (χ0) is 11.5. The molecule has 0 spiro atoms. The summed E-state index contributed by atoms with van der Waals surface area (Å²) in [7, 11) is 5.40. The number of likely N-dealkylation sites (N-methyl/N-ethyl adjacent to an activating group) is 1.